The van der Waals surface area contributed by atoms with Crippen molar-refractivity contribution in [1.82, 2.24) is 9.62 Å². The van der Waals surface area contributed by atoms with Gasteiger partial charge >= 0.3 is 0 Å². The molecule has 2 aromatic rings. The number of rotatable bonds is 8. The van der Waals surface area contributed by atoms with Crippen molar-refractivity contribution >= 4 is 27.5 Å². The van der Waals surface area contributed by atoms with Crippen molar-refractivity contribution < 1.29 is 13.2 Å². The highest BCUT2D eigenvalue weighted by Gasteiger charge is 2.19. The molecule has 1 amide bonds. The Labute approximate surface area is 176 Å². The van der Waals surface area contributed by atoms with Crippen molar-refractivity contribution in [1.29, 1.82) is 5.26 Å². The van der Waals surface area contributed by atoms with Crippen LogP contribution in [0.15, 0.2) is 64.5 Å². The molecular formula is C21H23N5O3S. The Bertz CT molecular complexity index is 1060. The molecular weight excluding hydrogens is 402 g/mol. The van der Waals surface area contributed by atoms with Gasteiger partial charge in [0.2, 0.25) is 5.91 Å². The van der Waals surface area contributed by atoms with E-state index >= 15 is 0 Å². The molecule has 3 rings (SSSR count). The van der Waals surface area contributed by atoms with E-state index in [1.165, 1.54) is 12.1 Å². The molecule has 0 radical (unpaired) electrons. The molecule has 0 atom stereocenters. The third-order valence-electron chi connectivity index (χ3n) is 4.47. The normalized spacial score (nSPS) is 13.5. The summed E-state index contributed by atoms with van der Waals surface area (Å²) in [6, 6.07) is 17.7. The molecule has 30 heavy (non-hydrogen) atoms. The van der Waals surface area contributed by atoms with Gasteiger partial charge in [-0.1, -0.05) is 36.4 Å². The first-order valence-electron chi connectivity index (χ1n) is 9.55. The molecule has 9 heteroatoms. The van der Waals surface area contributed by atoms with Crippen LogP contribution in [0.4, 0.5) is 5.69 Å². The molecule has 1 aliphatic heterocycles. The van der Waals surface area contributed by atoms with Crippen LogP contribution in [0.1, 0.15) is 18.4 Å². The number of anilines is 1. The summed E-state index contributed by atoms with van der Waals surface area (Å²) >= 11 is 0. The first-order valence-corrected chi connectivity index (χ1v) is 11.0. The second-order valence-corrected chi connectivity index (χ2v) is 8.58. The van der Waals surface area contributed by atoms with Crippen LogP contribution in [0, 0.1) is 11.3 Å². The molecule has 0 unspecified atom stereocenters. The number of nitrogens with zero attached hydrogens (tertiary/aromatic N) is 3. The highest BCUT2D eigenvalue weighted by molar-refractivity contribution is 7.90. The molecule has 0 spiro atoms. The van der Waals surface area contributed by atoms with E-state index in [9.17, 15) is 13.2 Å². The minimum atomic E-state index is -3.76. The number of hydrogen-bond donors (Lipinski definition) is 2. The van der Waals surface area contributed by atoms with Crippen molar-refractivity contribution in [2.75, 3.05) is 25.0 Å². The van der Waals surface area contributed by atoms with Gasteiger partial charge in [-0.3, -0.25) is 19.4 Å². The lowest BCUT2D eigenvalue weighted by Gasteiger charge is -2.19. The summed E-state index contributed by atoms with van der Waals surface area (Å²) in [5.41, 5.74) is 1.36. The summed E-state index contributed by atoms with van der Waals surface area (Å²) in [5, 5.41) is 11.8. The molecule has 1 aliphatic rings. The zero-order valence-electron chi connectivity index (χ0n) is 16.4. The van der Waals surface area contributed by atoms with Crippen LogP contribution in [-0.2, 0) is 21.4 Å². The molecule has 0 fully saturated rings. The zero-order valence-corrected chi connectivity index (χ0v) is 17.2. The predicted octanol–water partition coefficient (Wildman–Crippen LogP) is 2.12. The summed E-state index contributed by atoms with van der Waals surface area (Å²) in [4.78, 5) is 18.4. The molecule has 2 N–H and O–H groups in total. The maximum Gasteiger partial charge on any atom is 0.262 e. The van der Waals surface area contributed by atoms with Crippen molar-refractivity contribution in [2.45, 2.75) is 24.3 Å². The average Bonchev–Trinajstić information content (AvgIpc) is 3.21. The lowest BCUT2D eigenvalue weighted by molar-refractivity contribution is -0.117. The first kappa shape index (κ1) is 21.5. The minimum Gasteiger partial charge on any atom is -0.325 e. The first-order chi connectivity index (χ1) is 14.5. The summed E-state index contributed by atoms with van der Waals surface area (Å²) in [6.07, 6.45) is 1.43. The van der Waals surface area contributed by atoms with Crippen LogP contribution in [0.3, 0.4) is 0 Å². The number of nitrogens with one attached hydrogen (secondary N) is 2. The molecule has 2 aromatic carbocycles. The smallest absolute Gasteiger partial charge is 0.262 e. The standard InChI is InChI=1S/C21H23N5O3S/c22-11-13-26(15-17-6-2-1-3-7-17)16-21(27)24-18-8-4-9-19(14-18)30(28,29)25-20-10-5-12-23-20/h1-4,6-9,14H,5,10,12-13,15-16H2,(H,23,25)(H,24,27). The number of sulfonamides is 1. The maximum absolute atomic E-state index is 12.5. The number of hydrogen-bond acceptors (Lipinski definition) is 6. The maximum atomic E-state index is 12.5. The molecule has 0 aromatic heterocycles. The Morgan fingerprint density at radius 2 is 1.97 bits per heavy atom. The van der Waals surface area contributed by atoms with Crippen LogP contribution in [0.25, 0.3) is 0 Å². The fourth-order valence-electron chi connectivity index (χ4n) is 3.09. The van der Waals surface area contributed by atoms with E-state index in [-0.39, 0.29) is 23.9 Å². The Morgan fingerprint density at radius 1 is 1.17 bits per heavy atom. The fourth-order valence-corrected chi connectivity index (χ4v) is 4.23. The lowest BCUT2D eigenvalue weighted by atomic mass is 10.2. The van der Waals surface area contributed by atoms with Crippen molar-refractivity contribution in [3.63, 3.8) is 0 Å². The minimum absolute atomic E-state index is 0.00842. The summed E-state index contributed by atoms with van der Waals surface area (Å²) in [6.45, 7) is 1.19. The van der Waals surface area contributed by atoms with Gasteiger partial charge in [0.05, 0.1) is 24.1 Å². The summed E-state index contributed by atoms with van der Waals surface area (Å²) in [5.74, 6) is 0.126. The molecule has 0 saturated carbocycles. The highest BCUT2D eigenvalue weighted by Crippen LogP contribution is 2.16. The fraction of sp³-hybridized carbons (Fsp3) is 0.286. The van der Waals surface area contributed by atoms with Crippen molar-refractivity contribution in [2.24, 2.45) is 4.99 Å². The summed E-state index contributed by atoms with van der Waals surface area (Å²) < 4.78 is 27.6. The molecule has 156 valence electrons. The van der Waals surface area contributed by atoms with E-state index in [0.29, 0.717) is 31.0 Å². The Kier molecular flexibility index (Phi) is 7.17. The lowest BCUT2D eigenvalue weighted by Crippen LogP contribution is -2.33. The molecule has 1 heterocycles. The number of nitriles is 1. The second-order valence-electron chi connectivity index (χ2n) is 6.90. The van der Waals surface area contributed by atoms with Gasteiger partial charge in [0.1, 0.15) is 5.84 Å². The van der Waals surface area contributed by atoms with Crippen LogP contribution in [0.2, 0.25) is 0 Å². The number of benzene rings is 2. The number of aliphatic imine (C=N–C) groups is 1. The van der Waals surface area contributed by atoms with E-state index in [1.807, 2.05) is 30.3 Å². The molecule has 0 bridgehead atoms. The van der Waals surface area contributed by atoms with Gasteiger partial charge in [0.25, 0.3) is 10.0 Å². The quantitative estimate of drug-likeness (QED) is 0.629. The van der Waals surface area contributed by atoms with Gasteiger partial charge in [-0.25, -0.2) is 8.42 Å². The van der Waals surface area contributed by atoms with Crippen molar-refractivity contribution in [3.05, 3.63) is 60.2 Å². The van der Waals surface area contributed by atoms with Gasteiger partial charge in [-0.05, 0) is 30.2 Å². The second kappa shape index (κ2) is 10.0. The third kappa shape index (κ3) is 6.14. The Morgan fingerprint density at radius 3 is 2.67 bits per heavy atom. The monoisotopic (exact) mass is 425 g/mol. The number of carbonyl (C=O) groups is 1. The Balaban J connectivity index is 1.64. The van der Waals surface area contributed by atoms with E-state index in [0.717, 1.165) is 12.0 Å². The van der Waals surface area contributed by atoms with E-state index < -0.39 is 10.0 Å². The van der Waals surface area contributed by atoms with Crippen molar-refractivity contribution in [3.8, 4) is 6.07 Å². The molecule has 0 saturated heterocycles. The molecule has 0 aliphatic carbocycles. The molecule has 8 nitrogen and oxygen atoms in total. The Hall–Kier alpha value is -3.22. The van der Waals surface area contributed by atoms with Crippen LogP contribution >= 0.6 is 0 Å². The van der Waals surface area contributed by atoms with Gasteiger partial charge in [-0.2, -0.15) is 5.26 Å². The SMILES string of the molecule is N#CCN(CC(=O)Nc1cccc(S(=O)(=O)NC2=NCCC2)c1)Cc1ccccc1. The topological polar surface area (TPSA) is 115 Å². The number of amides is 1. The van der Waals surface area contributed by atoms with Gasteiger partial charge < -0.3 is 5.32 Å². The van der Waals surface area contributed by atoms with E-state index in [4.69, 9.17) is 5.26 Å². The van der Waals surface area contributed by atoms with Crippen LogP contribution in [0.5, 0.6) is 0 Å². The zero-order chi connectivity index (χ0) is 21.4. The van der Waals surface area contributed by atoms with Gasteiger partial charge in [-0.15, -0.1) is 0 Å². The van der Waals surface area contributed by atoms with Crippen LogP contribution in [-0.4, -0.2) is 44.7 Å². The largest absolute Gasteiger partial charge is 0.325 e. The highest BCUT2D eigenvalue weighted by atomic mass is 32.2. The predicted molar refractivity (Wildman–Crippen MR) is 114 cm³/mol. The summed E-state index contributed by atoms with van der Waals surface area (Å²) in [7, 11) is -3.76. The van der Waals surface area contributed by atoms with E-state index in [1.54, 1.807) is 17.0 Å². The van der Waals surface area contributed by atoms with Gasteiger partial charge in [0.15, 0.2) is 0 Å². The average molecular weight is 426 g/mol. The van der Waals surface area contributed by atoms with E-state index in [2.05, 4.69) is 21.1 Å². The third-order valence-corrected chi connectivity index (χ3v) is 5.84. The van der Waals surface area contributed by atoms with Gasteiger partial charge in [0, 0.05) is 25.2 Å². The number of carbonyl (C=O) groups excluding carboxylic acids is 1. The van der Waals surface area contributed by atoms with Crippen LogP contribution < -0.4 is 10.0 Å². The number of amidine groups is 1.